The lowest BCUT2D eigenvalue weighted by Gasteiger charge is -2.24. The Bertz CT molecular complexity index is 233. The van der Waals surface area contributed by atoms with E-state index in [0.717, 1.165) is 0 Å². The Balaban J connectivity index is 4.38. The average Bonchev–Trinajstić information content (AvgIpc) is 2.11. The SMILES string of the molecule is N#CCCC(F)(F)C(F)(F)CCC#N. The summed E-state index contributed by atoms with van der Waals surface area (Å²) in [6.07, 6.45) is -3.62. The molecule has 2 nitrogen and oxygen atoms in total. The van der Waals surface area contributed by atoms with Crippen molar-refractivity contribution in [3.63, 3.8) is 0 Å². The summed E-state index contributed by atoms with van der Waals surface area (Å²) in [5.41, 5.74) is 0. The van der Waals surface area contributed by atoms with Crippen LogP contribution in [0.2, 0.25) is 0 Å². The van der Waals surface area contributed by atoms with E-state index in [9.17, 15) is 17.6 Å². The van der Waals surface area contributed by atoms with Crippen LogP contribution in [0.3, 0.4) is 0 Å². The van der Waals surface area contributed by atoms with Crippen molar-refractivity contribution in [2.75, 3.05) is 0 Å². The van der Waals surface area contributed by atoms with Gasteiger partial charge in [-0.05, 0) is 0 Å². The fourth-order valence-electron chi connectivity index (χ4n) is 0.792. The molecule has 0 unspecified atom stereocenters. The van der Waals surface area contributed by atoms with Crippen LogP contribution in [-0.2, 0) is 0 Å². The summed E-state index contributed by atoms with van der Waals surface area (Å²) < 4.78 is 50.8. The number of hydrogen-bond donors (Lipinski definition) is 0. The highest BCUT2D eigenvalue weighted by molar-refractivity contribution is 4.89. The van der Waals surface area contributed by atoms with Crippen molar-refractivity contribution >= 4 is 0 Å². The number of nitrogens with zero attached hydrogens (tertiary/aromatic N) is 2. The second-order valence-corrected chi connectivity index (χ2v) is 2.73. The summed E-state index contributed by atoms with van der Waals surface area (Å²) in [6.45, 7) is 0. The molecule has 0 aromatic carbocycles. The van der Waals surface area contributed by atoms with Crippen LogP contribution in [0.15, 0.2) is 0 Å². The minimum absolute atomic E-state index is 0.630. The molecule has 0 spiro atoms. The number of nitriles is 2. The van der Waals surface area contributed by atoms with Gasteiger partial charge in [0.2, 0.25) is 0 Å². The molecule has 78 valence electrons. The Morgan fingerprint density at radius 3 is 1.29 bits per heavy atom. The maximum Gasteiger partial charge on any atom is 0.311 e. The topological polar surface area (TPSA) is 47.6 Å². The van der Waals surface area contributed by atoms with E-state index >= 15 is 0 Å². The third-order valence-electron chi connectivity index (χ3n) is 1.64. The zero-order valence-corrected chi connectivity index (χ0v) is 7.23. The Labute approximate surface area is 78.7 Å². The molecule has 0 fully saturated rings. The zero-order valence-electron chi connectivity index (χ0n) is 7.23. The highest BCUT2D eigenvalue weighted by Gasteiger charge is 2.54. The van der Waals surface area contributed by atoms with Crippen molar-refractivity contribution in [1.29, 1.82) is 10.5 Å². The molecule has 0 aliphatic rings. The second kappa shape index (κ2) is 4.80. The highest BCUT2D eigenvalue weighted by Crippen LogP contribution is 2.40. The number of alkyl halides is 4. The van der Waals surface area contributed by atoms with Crippen molar-refractivity contribution in [2.24, 2.45) is 0 Å². The number of halogens is 4. The van der Waals surface area contributed by atoms with Gasteiger partial charge in [0.1, 0.15) is 0 Å². The normalized spacial score (nSPS) is 11.9. The van der Waals surface area contributed by atoms with E-state index in [1.807, 2.05) is 0 Å². The van der Waals surface area contributed by atoms with Gasteiger partial charge in [-0.1, -0.05) is 0 Å². The molecule has 0 amide bonds. The first kappa shape index (κ1) is 12.7. The summed E-state index contributed by atoms with van der Waals surface area (Å²) in [6, 6.07) is 2.75. The van der Waals surface area contributed by atoms with Crippen LogP contribution in [0.5, 0.6) is 0 Å². The fourth-order valence-corrected chi connectivity index (χ4v) is 0.792. The third kappa shape index (κ3) is 3.21. The maximum absolute atomic E-state index is 12.7. The van der Waals surface area contributed by atoms with E-state index in [-0.39, 0.29) is 0 Å². The minimum atomic E-state index is -4.21. The van der Waals surface area contributed by atoms with Crippen LogP contribution in [0.1, 0.15) is 25.7 Å². The Kier molecular flexibility index (Phi) is 4.36. The summed E-state index contributed by atoms with van der Waals surface area (Å²) in [7, 11) is 0. The van der Waals surface area contributed by atoms with E-state index in [1.54, 1.807) is 0 Å². The van der Waals surface area contributed by atoms with Crippen molar-refractivity contribution < 1.29 is 17.6 Å². The maximum atomic E-state index is 12.7. The summed E-state index contributed by atoms with van der Waals surface area (Å²) in [5.74, 6) is -8.42. The van der Waals surface area contributed by atoms with E-state index < -0.39 is 37.5 Å². The van der Waals surface area contributed by atoms with Crippen LogP contribution in [-0.4, -0.2) is 11.8 Å². The predicted molar refractivity (Wildman–Crippen MR) is 39.6 cm³/mol. The van der Waals surface area contributed by atoms with Gasteiger partial charge < -0.3 is 0 Å². The molecular formula is C8H8F4N2. The lowest BCUT2D eigenvalue weighted by molar-refractivity contribution is -0.213. The predicted octanol–water partition coefficient (Wildman–Crippen LogP) is 2.86. The van der Waals surface area contributed by atoms with Gasteiger partial charge in [0, 0.05) is 25.7 Å². The van der Waals surface area contributed by atoms with E-state index in [4.69, 9.17) is 10.5 Å². The van der Waals surface area contributed by atoms with Gasteiger partial charge in [0.25, 0.3) is 0 Å². The van der Waals surface area contributed by atoms with E-state index in [0.29, 0.717) is 0 Å². The van der Waals surface area contributed by atoms with Gasteiger partial charge in [0.15, 0.2) is 0 Å². The smallest absolute Gasteiger partial charge is 0.200 e. The van der Waals surface area contributed by atoms with Gasteiger partial charge >= 0.3 is 11.8 Å². The molecule has 0 saturated heterocycles. The van der Waals surface area contributed by atoms with Gasteiger partial charge in [-0.25, -0.2) is 0 Å². The lowest BCUT2D eigenvalue weighted by atomic mass is 10.0. The number of rotatable bonds is 5. The molecule has 0 aliphatic heterocycles. The molecule has 0 heterocycles. The monoisotopic (exact) mass is 208 g/mol. The Hall–Kier alpha value is -1.30. The largest absolute Gasteiger partial charge is 0.311 e. The second-order valence-electron chi connectivity index (χ2n) is 2.73. The van der Waals surface area contributed by atoms with Crippen LogP contribution in [0, 0.1) is 22.7 Å². The van der Waals surface area contributed by atoms with Crippen LogP contribution < -0.4 is 0 Å². The molecule has 0 atom stereocenters. The highest BCUT2D eigenvalue weighted by atomic mass is 19.3. The van der Waals surface area contributed by atoms with Gasteiger partial charge in [-0.3, -0.25) is 0 Å². The number of hydrogen-bond acceptors (Lipinski definition) is 2. The zero-order chi connectivity index (χ0) is 11.2. The summed E-state index contributed by atoms with van der Waals surface area (Å²) in [4.78, 5) is 0. The van der Waals surface area contributed by atoms with Crippen molar-refractivity contribution in [3.05, 3.63) is 0 Å². The van der Waals surface area contributed by atoms with Gasteiger partial charge in [-0.15, -0.1) is 0 Å². The first-order chi connectivity index (χ1) is 6.37. The molecule has 0 bridgehead atoms. The standard InChI is InChI=1S/C8H8F4N2/c9-7(10,3-1-5-13)8(11,12)4-2-6-14/h1-4H2. The summed E-state index contributed by atoms with van der Waals surface area (Å²) >= 11 is 0. The van der Waals surface area contributed by atoms with Gasteiger partial charge in [-0.2, -0.15) is 28.1 Å². The molecule has 0 aromatic rings. The Morgan fingerprint density at radius 1 is 0.786 bits per heavy atom. The molecule has 0 aliphatic carbocycles. The van der Waals surface area contributed by atoms with Crippen LogP contribution in [0.25, 0.3) is 0 Å². The van der Waals surface area contributed by atoms with E-state index in [2.05, 4.69) is 0 Å². The molecule has 0 aromatic heterocycles. The quantitative estimate of drug-likeness (QED) is 0.652. The van der Waals surface area contributed by atoms with Crippen molar-refractivity contribution in [3.8, 4) is 12.1 Å². The molecule has 14 heavy (non-hydrogen) atoms. The van der Waals surface area contributed by atoms with Gasteiger partial charge in [0.05, 0.1) is 12.1 Å². The third-order valence-corrected chi connectivity index (χ3v) is 1.64. The Morgan fingerprint density at radius 2 is 1.07 bits per heavy atom. The van der Waals surface area contributed by atoms with Crippen molar-refractivity contribution in [2.45, 2.75) is 37.5 Å². The average molecular weight is 208 g/mol. The molecule has 0 N–H and O–H groups in total. The summed E-state index contributed by atoms with van der Waals surface area (Å²) in [5, 5.41) is 16.0. The fraction of sp³-hybridized carbons (Fsp3) is 0.750. The lowest BCUT2D eigenvalue weighted by Crippen LogP contribution is -2.40. The molecular weight excluding hydrogens is 200 g/mol. The minimum Gasteiger partial charge on any atom is -0.200 e. The first-order valence-corrected chi connectivity index (χ1v) is 3.87. The molecule has 0 radical (unpaired) electrons. The molecule has 0 saturated carbocycles. The first-order valence-electron chi connectivity index (χ1n) is 3.87. The van der Waals surface area contributed by atoms with Crippen LogP contribution in [0.4, 0.5) is 17.6 Å². The molecule has 0 rings (SSSR count). The van der Waals surface area contributed by atoms with E-state index in [1.165, 1.54) is 12.1 Å². The van der Waals surface area contributed by atoms with Crippen molar-refractivity contribution in [1.82, 2.24) is 0 Å². The molecule has 6 heteroatoms. The van der Waals surface area contributed by atoms with Crippen LogP contribution >= 0.6 is 0 Å².